The number of carbonyl (C=O) groups is 3. The number of pyridine rings is 1. The van der Waals surface area contributed by atoms with E-state index in [-0.39, 0.29) is 28.2 Å². The third kappa shape index (κ3) is 5.42. The summed E-state index contributed by atoms with van der Waals surface area (Å²) in [5.74, 6) is -3.81. The van der Waals surface area contributed by atoms with Crippen molar-refractivity contribution in [3.63, 3.8) is 0 Å². The maximum absolute atomic E-state index is 13.5. The Hall–Kier alpha value is -5.51. The number of ketones is 3. The molecule has 0 atom stereocenters. The number of alkyl halides is 3. The zero-order chi connectivity index (χ0) is 31.1. The molecule has 10 heteroatoms. The Morgan fingerprint density at radius 1 is 0.721 bits per heavy atom. The maximum Gasteiger partial charge on any atom is 0.455 e. The number of carbonyl (C=O) groups excluding carboxylic acids is 3. The van der Waals surface area contributed by atoms with Crippen molar-refractivity contribution in [3.8, 4) is 11.4 Å². The summed E-state index contributed by atoms with van der Waals surface area (Å²) < 4.78 is 41.4. The predicted molar refractivity (Wildman–Crippen MR) is 156 cm³/mol. The number of anilines is 3. The fourth-order valence-corrected chi connectivity index (χ4v) is 4.82. The van der Waals surface area contributed by atoms with Gasteiger partial charge in [-0.2, -0.15) is 13.2 Å². The van der Waals surface area contributed by atoms with Crippen molar-refractivity contribution < 1.29 is 32.7 Å². The summed E-state index contributed by atoms with van der Waals surface area (Å²) in [7, 11) is 0. The first kappa shape index (κ1) is 29.0. The Morgan fingerprint density at radius 2 is 1.21 bits per heavy atom. The molecule has 0 aliphatic heterocycles. The van der Waals surface area contributed by atoms with E-state index in [1.807, 2.05) is 0 Å². The third-order valence-electron chi connectivity index (χ3n) is 6.95. The van der Waals surface area contributed by atoms with Crippen molar-refractivity contribution in [2.75, 3.05) is 4.90 Å². The molecule has 0 saturated carbocycles. The van der Waals surface area contributed by atoms with Gasteiger partial charge in [0.1, 0.15) is 11.3 Å². The van der Waals surface area contributed by atoms with E-state index in [1.54, 1.807) is 71.6 Å². The highest BCUT2D eigenvalue weighted by Crippen LogP contribution is 2.39. The summed E-state index contributed by atoms with van der Waals surface area (Å²) in [4.78, 5) is 51.3. The lowest BCUT2D eigenvalue weighted by Crippen LogP contribution is -2.33. The molecule has 0 unspecified atom stereocenters. The number of nitrogens with zero attached hydrogens (tertiary/aromatic N) is 2. The number of benzene rings is 4. The highest BCUT2D eigenvalue weighted by molar-refractivity contribution is 6.07. The average Bonchev–Trinajstić information content (AvgIpc) is 2.98. The standard InChI is InChI=1S/C33H23F3N2O5/c1-19(39)21-8-12-24(13-9-21)37(25-14-10-22(11-15-25)20(2)40)26-16-17-27-28(18-26)38(23-6-4-3-5-7-23)32(43)29(30(27)41)31(42)33(34,35)36/h3-18,41H,1-2H3. The number of Topliss-reactive ketones (excluding diaryl/α,β-unsaturated/α-hetero) is 3. The van der Waals surface area contributed by atoms with Crippen molar-refractivity contribution in [2.24, 2.45) is 0 Å². The first-order chi connectivity index (χ1) is 20.4. The van der Waals surface area contributed by atoms with Gasteiger partial charge in [0.15, 0.2) is 11.6 Å². The quantitative estimate of drug-likeness (QED) is 0.202. The van der Waals surface area contributed by atoms with Crippen LogP contribution in [0.4, 0.5) is 30.2 Å². The Kier molecular flexibility index (Phi) is 7.45. The smallest absolute Gasteiger partial charge is 0.455 e. The molecular weight excluding hydrogens is 561 g/mol. The van der Waals surface area contributed by atoms with Gasteiger partial charge in [0.25, 0.3) is 11.3 Å². The predicted octanol–water partition coefficient (Wildman–Crippen LogP) is 7.32. The Bertz CT molecular complexity index is 1890. The zero-order valence-electron chi connectivity index (χ0n) is 22.8. The second-order valence-electron chi connectivity index (χ2n) is 9.77. The van der Waals surface area contributed by atoms with Crippen LogP contribution in [0.15, 0.2) is 102 Å². The molecule has 0 amide bonds. The second kappa shape index (κ2) is 11.1. The zero-order valence-corrected chi connectivity index (χ0v) is 22.8. The van der Waals surface area contributed by atoms with Crippen molar-refractivity contribution >= 4 is 45.3 Å². The topological polar surface area (TPSA) is 96.7 Å². The van der Waals surface area contributed by atoms with Crippen LogP contribution in [0.3, 0.4) is 0 Å². The molecule has 1 aromatic heterocycles. The molecule has 1 heterocycles. The van der Waals surface area contributed by atoms with Crippen LogP contribution < -0.4 is 10.5 Å². The highest BCUT2D eigenvalue weighted by atomic mass is 19.4. The first-order valence-corrected chi connectivity index (χ1v) is 13.0. The van der Waals surface area contributed by atoms with Crippen LogP contribution in [0.1, 0.15) is 44.9 Å². The van der Waals surface area contributed by atoms with Crippen LogP contribution >= 0.6 is 0 Å². The Labute approximate surface area is 243 Å². The van der Waals surface area contributed by atoms with Crippen LogP contribution in [0.2, 0.25) is 0 Å². The molecule has 7 nitrogen and oxygen atoms in total. The van der Waals surface area contributed by atoms with E-state index in [4.69, 9.17) is 0 Å². The minimum atomic E-state index is -5.40. The lowest BCUT2D eigenvalue weighted by molar-refractivity contribution is -0.0887. The number of para-hydroxylation sites is 1. The minimum absolute atomic E-state index is 0.0376. The van der Waals surface area contributed by atoms with E-state index in [1.165, 1.54) is 44.2 Å². The molecule has 0 radical (unpaired) electrons. The Morgan fingerprint density at radius 3 is 1.67 bits per heavy atom. The molecular formula is C33H23F3N2O5. The summed E-state index contributed by atoms with van der Waals surface area (Å²) >= 11 is 0. The van der Waals surface area contributed by atoms with Gasteiger partial charge in [-0.3, -0.25) is 23.7 Å². The van der Waals surface area contributed by atoms with Gasteiger partial charge in [-0.25, -0.2) is 0 Å². The number of aromatic hydroxyl groups is 1. The molecule has 0 aliphatic rings. The molecule has 0 bridgehead atoms. The number of hydrogen-bond donors (Lipinski definition) is 1. The second-order valence-corrected chi connectivity index (χ2v) is 9.77. The van der Waals surface area contributed by atoms with Gasteiger partial charge in [-0.15, -0.1) is 0 Å². The van der Waals surface area contributed by atoms with E-state index in [2.05, 4.69) is 0 Å². The lowest BCUT2D eigenvalue weighted by atomic mass is 10.0. The molecule has 5 rings (SSSR count). The van der Waals surface area contributed by atoms with Gasteiger partial charge in [0, 0.05) is 39.3 Å². The van der Waals surface area contributed by atoms with E-state index in [9.17, 15) is 37.5 Å². The van der Waals surface area contributed by atoms with Gasteiger partial charge in [0.2, 0.25) is 0 Å². The maximum atomic E-state index is 13.5. The summed E-state index contributed by atoms with van der Waals surface area (Å²) in [6.07, 6.45) is -5.40. The molecule has 5 aromatic rings. The molecule has 4 aromatic carbocycles. The van der Waals surface area contributed by atoms with E-state index < -0.39 is 28.8 Å². The van der Waals surface area contributed by atoms with E-state index in [0.29, 0.717) is 28.2 Å². The van der Waals surface area contributed by atoms with Gasteiger partial charge in [-0.1, -0.05) is 18.2 Å². The molecule has 0 fully saturated rings. The summed E-state index contributed by atoms with van der Waals surface area (Å²) in [5, 5.41) is 10.7. The fourth-order valence-electron chi connectivity index (χ4n) is 4.82. The monoisotopic (exact) mass is 584 g/mol. The van der Waals surface area contributed by atoms with E-state index >= 15 is 0 Å². The summed E-state index contributed by atoms with van der Waals surface area (Å²) in [5.41, 5.74) is 0.0367. The van der Waals surface area contributed by atoms with Gasteiger partial charge < -0.3 is 10.0 Å². The van der Waals surface area contributed by atoms with Gasteiger partial charge in [-0.05, 0) is 92.7 Å². The number of halogens is 3. The Balaban J connectivity index is 1.81. The van der Waals surface area contributed by atoms with Crippen molar-refractivity contribution in [3.05, 3.63) is 124 Å². The molecule has 0 spiro atoms. The molecule has 43 heavy (non-hydrogen) atoms. The molecule has 0 aliphatic carbocycles. The third-order valence-corrected chi connectivity index (χ3v) is 6.95. The average molecular weight is 585 g/mol. The number of rotatable bonds is 7. The molecule has 216 valence electrons. The van der Waals surface area contributed by atoms with Gasteiger partial charge >= 0.3 is 6.18 Å². The van der Waals surface area contributed by atoms with Crippen LogP contribution in [0, 0.1) is 0 Å². The molecule has 0 saturated heterocycles. The normalized spacial score (nSPS) is 11.4. The lowest BCUT2D eigenvalue weighted by Gasteiger charge is -2.26. The number of fused-ring (bicyclic) bond motifs is 1. The highest BCUT2D eigenvalue weighted by Gasteiger charge is 2.43. The van der Waals surface area contributed by atoms with Crippen LogP contribution in [0.5, 0.6) is 5.75 Å². The van der Waals surface area contributed by atoms with Crippen molar-refractivity contribution in [1.29, 1.82) is 0 Å². The van der Waals surface area contributed by atoms with E-state index in [0.717, 1.165) is 4.57 Å². The summed E-state index contributed by atoms with van der Waals surface area (Å²) in [6, 6.07) is 25.5. The molecule has 1 N–H and O–H groups in total. The SMILES string of the molecule is CC(=O)c1ccc(N(c2ccc(C(C)=O)cc2)c2ccc3c(O)c(C(=O)C(F)(F)F)c(=O)n(-c4ccccc4)c3c2)cc1. The van der Waals surface area contributed by atoms with Gasteiger partial charge in [0.05, 0.1) is 5.52 Å². The largest absolute Gasteiger partial charge is 0.506 e. The number of aromatic nitrogens is 1. The van der Waals surface area contributed by atoms with Crippen molar-refractivity contribution in [1.82, 2.24) is 4.57 Å². The fraction of sp³-hybridized carbons (Fsp3) is 0.0909. The van der Waals surface area contributed by atoms with Crippen LogP contribution in [-0.2, 0) is 0 Å². The number of hydrogen-bond acceptors (Lipinski definition) is 6. The minimum Gasteiger partial charge on any atom is -0.506 e. The summed E-state index contributed by atoms with van der Waals surface area (Å²) in [6.45, 7) is 2.87. The van der Waals surface area contributed by atoms with Crippen molar-refractivity contribution in [2.45, 2.75) is 20.0 Å². The first-order valence-electron chi connectivity index (χ1n) is 13.0. The van der Waals surface area contributed by atoms with Crippen LogP contribution in [-0.4, -0.2) is 33.2 Å². The van der Waals surface area contributed by atoms with Crippen LogP contribution in [0.25, 0.3) is 16.6 Å².